The first-order valence-corrected chi connectivity index (χ1v) is 8.93. The van der Waals surface area contributed by atoms with Gasteiger partial charge in [-0.15, -0.1) is 0 Å². The zero-order valence-electron chi connectivity index (χ0n) is 13.0. The zero-order chi connectivity index (χ0) is 15.9. The molecule has 0 bridgehead atoms. The molecule has 2 aromatic carbocycles. The highest BCUT2D eigenvalue weighted by atomic mass is 79.9. The minimum atomic E-state index is 0.585. The molecule has 0 spiro atoms. The van der Waals surface area contributed by atoms with Crippen LogP contribution in [0.15, 0.2) is 51.4 Å². The average molecular weight is 427 g/mol. The van der Waals surface area contributed by atoms with Crippen LogP contribution in [0.4, 0.5) is 0 Å². The van der Waals surface area contributed by atoms with Crippen molar-refractivity contribution in [3.63, 3.8) is 0 Å². The first-order valence-electron chi connectivity index (χ1n) is 7.35. The lowest BCUT2D eigenvalue weighted by Crippen LogP contribution is -2.13. The van der Waals surface area contributed by atoms with Crippen LogP contribution in [0, 0.1) is 0 Å². The predicted octanol–water partition coefficient (Wildman–Crippen LogP) is 5.28. The fourth-order valence-corrected chi connectivity index (χ4v) is 3.11. The van der Waals surface area contributed by atoms with Gasteiger partial charge in [0.1, 0.15) is 12.4 Å². The van der Waals surface area contributed by atoms with Crippen molar-refractivity contribution in [1.82, 2.24) is 4.90 Å². The molecule has 2 rings (SSSR count). The van der Waals surface area contributed by atoms with Gasteiger partial charge < -0.3 is 9.64 Å². The molecule has 0 aliphatic rings. The zero-order valence-corrected chi connectivity index (χ0v) is 16.2. The lowest BCUT2D eigenvalue weighted by atomic mass is 10.1. The van der Waals surface area contributed by atoms with E-state index in [1.165, 1.54) is 5.56 Å². The summed E-state index contributed by atoms with van der Waals surface area (Å²) >= 11 is 7.04. The van der Waals surface area contributed by atoms with Crippen molar-refractivity contribution in [1.29, 1.82) is 0 Å². The van der Waals surface area contributed by atoms with Crippen LogP contribution in [0.3, 0.4) is 0 Å². The van der Waals surface area contributed by atoms with E-state index in [1.807, 2.05) is 24.3 Å². The van der Waals surface area contributed by atoms with Crippen molar-refractivity contribution in [2.24, 2.45) is 0 Å². The molecule has 118 valence electrons. The lowest BCUT2D eigenvalue weighted by molar-refractivity contribution is 0.302. The molecular formula is C18H21Br2NO. The molecule has 0 aromatic heterocycles. The van der Waals surface area contributed by atoms with Gasteiger partial charge in [-0.2, -0.15) is 0 Å². The Kier molecular flexibility index (Phi) is 6.93. The van der Waals surface area contributed by atoms with E-state index in [4.69, 9.17) is 4.74 Å². The van der Waals surface area contributed by atoms with Crippen molar-refractivity contribution in [2.45, 2.75) is 19.4 Å². The predicted molar refractivity (Wildman–Crippen MR) is 99.5 cm³/mol. The highest BCUT2D eigenvalue weighted by Crippen LogP contribution is 2.25. The summed E-state index contributed by atoms with van der Waals surface area (Å²) in [6.45, 7) is 1.67. The van der Waals surface area contributed by atoms with Crippen molar-refractivity contribution in [3.05, 3.63) is 62.5 Å². The number of aryl methyl sites for hydroxylation is 1. The van der Waals surface area contributed by atoms with Gasteiger partial charge in [-0.25, -0.2) is 0 Å². The van der Waals surface area contributed by atoms with Gasteiger partial charge in [0, 0.05) is 8.95 Å². The van der Waals surface area contributed by atoms with E-state index in [0.717, 1.165) is 39.6 Å². The van der Waals surface area contributed by atoms with Gasteiger partial charge in [-0.1, -0.05) is 44.0 Å². The topological polar surface area (TPSA) is 12.5 Å². The summed E-state index contributed by atoms with van der Waals surface area (Å²) in [5.74, 6) is 0.974. The van der Waals surface area contributed by atoms with Crippen LogP contribution in [-0.2, 0) is 13.0 Å². The van der Waals surface area contributed by atoms with E-state index in [-0.39, 0.29) is 0 Å². The smallest absolute Gasteiger partial charge is 0.123 e. The summed E-state index contributed by atoms with van der Waals surface area (Å²) in [4.78, 5) is 2.21. The molecule has 0 aliphatic heterocycles. The summed E-state index contributed by atoms with van der Waals surface area (Å²) in [5.41, 5.74) is 2.42. The normalized spacial score (nSPS) is 11.0. The number of rotatable bonds is 7. The molecule has 0 fully saturated rings. The monoisotopic (exact) mass is 425 g/mol. The number of ether oxygens (including phenoxy) is 1. The van der Waals surface area contributed by atoms with Gasteiger partial charge in [0.05, 0.1) is 0 Å². The molecule has 0 heterocycles. The van der Waals surface area contributed by atoms with Gasteiger partial charge in [0.2, 0.25) is 0 Å². The minimum Gasteiger partial charge on any atom is -0.489 e. The molecular weight excluding hydrogens is 406 g/mol. The number of hydrogen-bond donors (Lipinski definition) is 0. The Morgan fingerprint density at radius 2 is 1.77 bits per heavy atom. The fourth-order valence-electron chi connectivity index (χ4n) is 2.26. The van der Waals surface area contributed by atoms with Crippen molar-refractivity contribution in [2.75, 3.05) is 20.6 Å². The molecule has 0 saturated heterocycles. The largest absolute Gasteiger partial charge is 0.489 e. The molecule has 0 amide bonds. The van der Waals surface area contributed by atoms with E-state index >= 15 is 0 Å². The van der Waals surface area contributed by atoms with Crippen LogP contribution in [0.25, 0.3) is 0 Å². The summed E-state index contributed by atoms with van der Waals surface area (Å²) in [5, 5.41) is 0. The number of nitrogens with zero attached hydrogens (tertiary/aromatic N) is 1. The van der Waals surface area contributed by atoms with Crippen molar-refractivity contribution < 1.29 is 4.74 Å². The minimum absolute atomic E-state index is 0.585. The van der Waals surface area contributed by atoms with E-state index in [1.54, 1.807) is 0 Å². The lowest BCUT2D eigenvalue weighted by Gasteiger charge is -2.14. The molecule has 0 saturated carbocycles. The summed E-state index contributed by atoms with van der Waals surface area (Å²) in [7, 11) is 4.21. The second-order valence-corrected chi connectivity index (χ2v) is 7.41. The number of hydrogen-bond acceptors (Lipinski definition) is 2. The molecule has 0 atom stereocenters. The van der Waals surface area contributed by atoms with Crippen LogP contribution in [-0.4, -0.2) is 25.5 Å². The summed E-state index contributed by atoms with van der Waals surface area (Å²) < 4.78 is 8.21. The molecule has 0 unspecified atom stereocenters. The Bertz CT molecular complexity index is 614. The van der Waals surface area contributed by atoms with E-state index in [0.29, 0.717) is 6.61 Å². The van der Waals surface area contributed by atoms with Gasteiger partial charge in [0.15, 0.2) is 0 Å². The SMILES string of the molecule is CN(C)CCCc1cc(Br)ccc1OCc1cccc(Br)c1. The molecule has 2 nitrogen and oxygen atoms in total. The summed E-state index contributed by atoms with van der Waals surface area (Å²) in [6, 6.07) is 14.5. The Labute approximate surface area is 149 Å². The third-order valence-electron chi connectivity index (χ3n) is 3.36. The maximum atomic E-state index is 6.04. The number of benzene rings is 2. The van der Waals surface area contributed by atoms with Gasteiger partial charge in [-0.05, 0) is 74.9 Å². The highest BCUT2D eigenvalue weighted by Gasteiger charge is 2.06. The van der Waals surface area contributed by atoms with Gasteiger partial charge in [-0.3, -0.25) is 0 Å². The number of halogens is 2. The maximum absolute atomic E-state index is 6.04. The van der Waals surface area contributed by atoms with Crippen LogP contribution in [0.1, 0.15) is 17.5 Å². The molecule has 0 aliphatic carbocycles. The molecule has 0 N–H and O–H groups in total. The Balaban J connectivity index is 2.03. The van der Waals surface area contributed by atoms with Crippen molar-refractivity contribution in [3.8, 4) is 5.75 Å². The Morgan fingerprint density at radius 1 is 1.00 bits per heavy atom. The third kappa shape index (κ3) is 5.75. The Hall–Kier alpha value is -0.840. The standard InChI is InChI=1S/C18H21Br2NO/c1-21(2)10-4-6-15-12-17(20)8-9-18(15)22-13-14-5-3-7-16(19)11-14/h3,5,7-9,11-12H,4,6,10,13H2,1-2H3. The van der Waals surface area contributed by atoms with Gasteiger partial charge >= 0.3 is 0 Å². The highest BCUT2D eigenvalue weighted by molar-refractivity contribution is 9.10. The quantitative estimate of drug-likeness (QED) is 0.596. The van der Waals surface area contributed by atoms with E-state index in [2.05, 4.69) is 69.1 Å². The van der Waals surface area contributed by atoms with Crippen molar-refractivity contribution >= 4 is 31.9 Å². The van der Waals surface area contributed by atoms with Crippen LogP contribution >= 0.6 is 31.9 Å². The molecule has 4 heteroatoms. The second-order valence-electron chi connectivity index (χ2n) is 5.58. The fraction of sp³-hybridized carbons (Fsp3) is 0.333. The molecule has 22 heavy (non-hydrogen) atoms. The van der Waals surface area contributed by atoms with E-state index < -0.39 is 0 Å². The average Bonchev–Trinajstić information content (AvgIpc) is 2.46. The summed E-state index contributed by atoms with van der Waals surface area (Å²) in [6.07, 6.45) is 2.14. The third-order valence-corrected chi connectivity index (χ3v) is 4.34. The molecule has 2 aromatic rings. The Morgan fingerprint density at radius 3 is 2.50 bits per heavy atom. The van der Waals surface area contributed by atoms with E-state index in [9.17, 15) is 0 Å². The second kappa shape index (κ2) is 8.70. The molecule has 0 radical (unpaired) electrons. The maximum Gasteiger partial charge on any atom is 0.123 e. The first kappa shape index (κ1) is 17.5. The van der Waals surface area contributed by atoms with Crippen LogP contribution in [0.2, 0.25) is 0 Å². The van der Waals surface area contributed by atoms with Gasteiger partial charge in [0.25, 0.3) is 0 Å². The van der Waals surface area contributed by atoms with Crippen LogP contribution < -0.4 is 4.74 Å². The first-order chi connectivity index (χ1) is 10.5. The van der Waals surface area contributed by atoms with Crippen LogP contribution in [0.5, 0.6) is 5.75 Å².